The van der Waals surface area contributed by atoms with Crippen LogP contribution in [0.1, 0.15) is 13.8 Å². The molecule has 0 aliphatic heterocycles. The average Bonchev–Trinajstić information content (AvgIpc) is 2.58. The SMILES string of the molecule is CC(C)Oc1ccc(-c2cc(N)nn2C)cc1. The molecular formula is C13H17N3O. The van der Waals surface area contributed by atoms with Crippen molar-refractivity contribution in [3.63, 3.8) is 0 Å². The van der Waals surface area contributed by atoms with E-state index in [9.17, 15) is 0 Å². The third kappa shape index (κ3) is 2.58. The maximum Gasteiger partial charge on any atom is 0.146 e. The van der Waals surface area contributed by atoms with Gasteiger partial charge >= 0.3 is 0 Å². The normalized spacial score (nSPS) is 10.8. The lowest BCUT2D eigenvalue weighted by atomic mass is 10.1. The van der Waals surface area contributed by atoms with Crippen LogP contribution in [0.3, 0.4) is 0 Å². The summed E-state index contributed by atoms with van der Waals surface area (Å²) in [4.78, 5) is 0. The number of nitrogens with two attached hydrogens (primary N) is 1. The molecule has 0 radical (unpaired) electrons. The molecule has 0 unspecified atom stereocenters. The average molecular weight is 231 g/mol. The molecule has 1 heterocycles. The van der Waals surface area contributed by atoms with E-state index >= 15 is 0 Å². The van der Waals surface area contributed by atoms with Crippen molar-refractivity contribution in [3.05, 3.63) is 30.3 Å². The molecule has 0 bridgehead atoms. The van der Waals surface area contributed by atoms with E-state index in [-0.39, 0.29) is 6.10 Å². The Morgan fingerprint density at radius 1 is 1.24 bits per heavy atom. The predicted molar refractivity (Wildman–Crippen MR) is 68.8 cm³/mol. The summed E-state index contributed by atoms with van der Waals surface area (Å²) in [6.07, 6.45) is 0.188. The summed E-state index contributed by atoms with van der Waals surface area (Å²) in [6.45, 7) is 4.02. The van der Waals surface area contributed by atoms with Crippen molar-refractivity contribution in [1.29, 1.82) is 0 Å². The Morgan fingerprint density at radius 2 is 1.88 bits per heavy atom. The van der Waals surface area contributed by atoms with Crippen molar-refractivity contribution < 1.29 is 4.74 Å². The number of rotatable bonds is 3. The highest BCUT2D eigenvalue weighted by Gasteiger charge is 2.05. The fraction of sp³-hybridized carbons (Fsp3) is 0.308. The van der Waals surface area contributed by atoms with Crippen LogP contribution in [0.4, 0.5) is 5.82 Å². The standard InChI is InChI=1S/C13H17N3O/c1-9(2)17-11-6-4-10(5-7-11)12-8-13(14)15-16(12)3/h4-9H,1-3H3,(H2,14,15). The summed E-state index contributed by atoms with van der Waals surface area (Å²) in [6, 6.07) is 9.79. The van der Waals surface area contributed by atoms with Crippen molar-refractivity contribution in [3.8, 4) is 17.0 Å². The van der Waals surface area contributed by atoms with Gasteiger partial charge in [0.15, 0.2) is 0 Å². The minimum atomic E-state index is 0.188. The first-order chi connectivity index (χ1) is 8.06. The lowest BCUT2D eigenvalue weighted by molar-refractivity contribution is 0.242. The highest BCUT2D eigenvalue weighted by molar-refractivity contribution is 5.63. The molecule has 1 aromatic carbocycles. The molecule has 0 spiro atoms. The van der Waals surface area contributed by atoms with Gasteiger partial charge in [0.05, 0.1) is 11.8 Å². The first-order valence-corrected chi connectivity index (χ1v) is 5.63. The molecule has 0 saturated heterocycles. The summed E-state index contributed by atoms with van der Waals surface area (Å²) in [5, 5.41) is 4.12. The van der Waals surface area contributed by atoms with E-state index in [2.05, 4.69) is 5.10 Å². The molecule has 0 fully saturated rings. The van der Waals surface area contributed by atoms with E-state index in [1.807, 2.05) is 51.2 Å². The molecule has 17 heavy (non-hydrogen) atoms. The third-order valence-electron chi connectivity index (χ3n) is 2.42. The Bertz CT molecular complexity index is 500. The van der Waals surface area contributed by atoms with Crippen LogP contribution >= 0.6 is 0 Å². The smallest absolute Gasteiger partial charge is 0.146 e. The van der Waals surface area contributed by atoms with Crippen molar-refractivity contribution in [2.45, 2.75) is 20.0 Å². The summed E-state index contributed by atoms with van der Waals surface area (Å²) in [5.74, 6) is 1.41. The highest BCUT2D eigenvalue weighted by Crippen LogP contribution is 2.23. The van der Waals surface area contributed by atoms with E-state index in [1.165, 1.54) is 0 Å². The molecule has 0 atom stereocenters. The Hall–Kier alpha value is -1.97. The van der Waals surface area contributed by atoms with Crippen LogP contribution in [0.25, 0.3) is 11.3 Å². The van der Waals surface area contributed by atoms with Crippen LogP contribution in [-0.2, 0) is 7.05 Å². The van der Waals surface area contributed by atoms with E-state index in [0.717, 1.165) is 17.0 Å². The van der Waals surface area contributed by atoms with Crippen molar-refractivity contribution in [2.75, 3.05) is 5.73 Å². The van der Waals surface area contributed by atoms with Gasteiger partial charge in [-0.25, -0.2) is 0 Å². The molecule has 4 heteroatoms. The number of nitrogens with zero attached hydrogens (tertiary/aromatic N) is 2. The van der Waals surface area contributed by atoms with Crippen LogP contribution in [-0.4, -0.2) is 15.9 Å². The zero-order chi connectivity index (χ0) is 12.4. The van der Waals surface area contributed by atoms with Gasteiger partial charge in [-0.1, -0.05) is 0 Å². The van der Waals surface area contributed by atoms with Crippen LogP contribution in [0, 0.1) is 0 Å². The van der Waals surface area contributed by atoms with Gasteiger partial charge in [0.1, 0.15) is 11.6 Å². The number of hydrogen-bond acceptors (Lipinski definition) is 3. The lowest BCUT2D eigenvalue weighted by Gasteiger charge is -2.10. The number of aryl methyl sites for hydroxylation is 1. The summed E-state index contributed by atoms with van der Waals surface area (Å²) < 4.78 is 7.36. The maximum atomic E-state index is 5.66. The van der Waals surface area contributed by atoms with Gasteiger partial charge in [0, 0.05) is 18.7 Å². The quantitative estimate of drug-likeness (QED) is 0.882. The number of anilines is 1. The molecule has 0 aliphatic carbocycles. The van der Waals surface area contributed by atoms with Gasteiger partial charge in [0.2, 0.25) is 0 Å². The zero-order valence-electron chi connectivity index (χ0n) is 10.3. The topological polar surface area (TPSA) is 53.1 Å². The third-order valence-corrected chi connectivity index (χ3v) is 2.42. The fourth-order valence-electron chi connectivity index (χ4n) is 1.74. The Balaban J connectivity index is 2.26. The largest absolute Gasteiger partial charge is 0.491 e. The fourth-order valence-corrected chi connectivity index (χ4v) is 1.74. The zero-order valence-corrected chi connectivity index (χ0v) is 10.3. The van der Waals surface area contributed by atoms with Crippen LogP contribution in [0.15, 0.2) is 30.3 Å². The van der Waals surface area contributed by atoms with Crippen LogP contribution < -0.4 is 10.5 Å². The van der Waals surface area contributed by atoms with Gasteiger partial charge < -0.3 is 10.5 Å². The van der Waals surface area contributed by atoms with Gasteiger partial charge in [-0.2, -0.15) is 5.10 Å². The Kier molecular flexibility index (Phi) is 3.04. The molecule has 1 aromatic heterocycles. The molecule has 2 rings (SSSR count). The van der Waals surface area contributed by atoms with E-state index < -0.39 is 0 Å². The van der Waals surface area contributed by atoms with Gasteiger partial charge in [0.25, 0.3) is 0 Å². The molecule has 0 saturated carbocycles. The van der Waals surface area contributed by atoms with Gasteiger partial charge in [-0.3, -0.25) is 4.68 Å². The van der Waals surface area contributed by atoms with Crippen LogP contribution in [0.2, 0.25) is 0 Å². The van der Waals surface area contributed by atoms with E-state index in [4.69, 9.17) is 10.5 Å². The second kappa shape index (κ2) is 4.49. The first-order valence-electron chi connectivity index (χ1n) is 5.63. The Morgan fingerprint density at radius 3 is 2.35 bits per heavy atom. The maximum absolute atomic E-state index is 5.66. The van der Waals surface area contributed by atoms with E-state index in [1.54, 1.807) is 4.68 Å². The van der Waals surface area contributed by atoms with Crippen molar-refractivity contribution in [2.24, 2.45) is 7.05 Å². The molecule has 90 valence electrons. The molecular weight excluding hydrogens is 214 g/mol. The minimum Gasteiger partial charge on any atom is -0.491 e. The molecule has 0 amide bonds. The van der Waals surface area contributed by atoms with Crippen molar-refractivity contribution in [1.82, 2.24) is 9.78 Å². The van der Waals surface area contributed by atoms with Crippen LogP contribution in [0.5, 0.6) is 5.75 Å². The minimum absolute atomic E-state index is 0.188. The van der Waals surface area contributed by atoms with Crippen molar-refractivity contribution >= 4 is 5.82 Å². The number of benzene rings is 1. The predicted octanol–water partition coefficient (Wildman–Crippen LogP) is 2.46. The van der Waals surface area contributed by atoms with Gasteiger partial charge in [-0.15, -0.1) is 0 Å². The molecule has 0 aliphatic rings. The number of ether oxygens (including phenoxy) is 1. The van der Waals surface area contributed by atoms with E-state index in [0.29, 0.717) is 5.82 Å². The monoisotopic (exact) mass is 231 g/mol. The summed E-state index contributed by atoms with van der Waals surface area (Å²) >= 11 is 0. The highest BCUT2D eigenvalue weighted by atomic mass is 16.5. The number of aromatic nitrogens is 2. The molecule has 2 N–H and O–H groups in total. The molecule has 4 nitrogen and oxygen atoms in total. The Labute approximate surface area is 101 Å². The lowest BCUT2D eigenvalue weighted by Crippen LogP contribution is -2.05. The molecule has 2 aromatic rings. The number of nitrogen functional groups attached to an aromatic ring is 1. The second-order valence-corrected chi connectivity index (χ2v) is 4.27. The van der Waals surface area contributed by atoms with Gasteiger partial charge in [-0.05, 0) is 38.1 Å². The first kappa shape index (κ1) is 11.5. The summed E-state index contributed by atoms with van der Waals surface area (Å²) in [5.41, 5.74) is 7.73. The number of hydrogen-bond donors (Lipinski definition) is 1. The second-order valence-electron chi connectivity index (χ2n) is 4.27. The summed E-state index contributed by atoms with van der Waals surface area (Å²) in [7, 11) is 1.88.